The van der Waals surface area contributed by atoms with Gasteiger partial charge in [-0.15, -0.1) is 0 Å². The SMILES string of the molecule is Cc1cc(Cl)ccc1S(=O)(=O)NCC1CCN(c2cc(-c3ccncc3)[nH]n2)CC1. The lowest BCUT2D eigenvalue weighted by Gasteiger charge is -2.32. The Labute approximate surface area is 181 Å². The van der Waals surface area contributed by atoms with Crippen LogP contribution in [0.15, 0.2) is 53.7 Å². The van der Waals surface area contributed by atoms with Crippen LogP contribution in [0.25, 0.3) is 11.3 Å². The van der Waals surface area contributed by atoms with E-state index in [0.717, 1.165) is 43.0 Å². The van der Waals surface area contributed by atoms with E-state index in [2.05, 4.69) is 24.8 Å². The molecule has 0 amide bonds. The van der Waals surface area contributed by atoms with Gasteiger partial charge >= 0.3 is 0 Å². The quantitative estimate of drug-likeness (QED) is 0.604. The molecular weight excluding hydrogens is 422 g/mol. The fourth-order valence-electron chi connectivity index (χ4n) is 3.74. The number of aromatic amines is 1. The molecule has 1 saturated heterocycles. The Morgan fingerprint density at radius 2 is 1.90 bits per heavy atom. The zero-order valence-electron chi connectivity index (χ0n) is 16.7. The van der Waals surface area contributed by atoms with E-state index in [0.29, 0.717) is 23.0 Å². The van der Waals surface area contributed by atoms with Gasteiger partial charge in [-0.1, -0.05) is 11.6 Å². The number of halogens is 1. The summed E-state index contributed by atoms with van der Waals surface area (Å²) in [6, 6.07) is 10.8. The van der Waals surface area contributed by atoms with Gasteiger partial charge in [-0.3, -0.25) is 10.1 Å². The van der Waals surface area contributed by atoms with Crippen LogP contribution in [0, 0.1) is 12.8 Å². The molecule has 3 heterocycles. The lowest BCUT2D eigenvalue weighted by molar-refractivity contribution is 0.400. The summed E-state index contributed by atoms with van der Waals surface area (Å²) in [5, 5.41) is 8.06. The molecule has 7 nitrogen and oxygen atoms in total. The molecule has 0 spiro atoms. The third kappa shape index (κ3) is 4.66. The number of hydrogen-bond acceptors (Lipinski definition) is 5. The van der Waals surface area contributed by atoms with Gasteiger partial charge in [-0.05, 0) is 61.6 Å². The molecule has 1 aliphatic rings. The fourth-order valence-corrected chi connectivity index (χ4v) is 5.31. The molecule has 1 aliphatic heterocycles. The number of H-pyrrole nitrogens is 1. The Hall–Kier alpha value is -2.42. The van der Waals surface area contributed by atoms with Gasteiger partial charge < -0.3 is 4.90 Å². The third-order valence-electron chi connectivity index (χ3n) is 5.48. The van der Waals surface area contributed by atoms with Crippen molar-refractivity contribution >= 4 is 27.4 Å². The first kappa shape index (κ1) is 20.8. The van der Waals surface area contributed by atoms with E-state index in [1.54, 1.807) is 37.5 Å². The molecular formula is C21H24ClN5O2S. The predicted molar refractivity (Wildman–Crippen MR) is 118 cm³/mol. The first-order valence-corrected chi connectivity index (χ1v) is 11.7. The number of hydrogen-bond donors (Lipinski definition) is 2. The van der Waals surface area contributed by atoms with Crippen molar-refractivity contribution in [2.75, 3.05) is 24.5 Å². The van der Waals surface area contributed by atoms with Crippen LogP contribution in [-0.4, -0.2) is 43.2 Å². The highest BCUT2D eigenvalue weighted by atomic mass is 35.5. The number of benzene rings is 1. The van der Waals surface area contributed by atoms with E-state index < -0.39 is 10.0 Å². The van der Waals surface area contributed by atoms with Gasteiger partial charge in [-0.25, -0.2) is 13.1 Å². The number of pyridine rings is 1. The second-order valence-electron chi connectivity index (χ2n) is 7.57. The molecule has 158 valence electrons. The van der Waals surface area contributed by atoms with E-state index in [9.17, 15) is 8.42 Å². The number of anilines is 1. The van der Waals surface area contributed by atoms with Crippen LogP contribution >= 0.6 is 11.6 Å². The van der Waals surface area contributed by atoms with Crippen LogP contribution in [0.1, 0.15) is 18.4 Å². The molecule has 1 aromatic carbocycles. The molecule has 9 heteroatoms. The Morgan fingerprint density at radius 3 is 2.60 bits per heavy atom. The summed E-state index contributed by atoms with van der Waals surface area (Å²) in [6.07, 6.45) is 5.32. The first-order chi connectivity index (χ1) is 14.4. The number of aryl methyl sites for hydroxylation is 1. The fraction of sp³-hybridized carbons (Fsp3) is 0.333. The molecule has 0 atom stereocenters. The van der Waals surface area contributed by atoms with Crippen LogP contribution in [0.5, 0.6) is 0 Å². The maximum atomic E-state index is 12.6. The van der Waals surface area contributed by atoms with Gasteiger partial charge in [0.05, 0.1) is 10.6 Å². The van der Waals surface area contributed by atoms with Gasteiger partial charge in [0.1, 0.15) is 0 Å². The average Bonchev–Trinajstić information content (AvgIpc) is 3.23. The maximum absolute atomic E-state index is 12.6. The van der Waals surface area contributed by atoms with Gasteiger partial charge in [0.2, 0.25) is 10.0 Å². The molecule has 1 fully saturated rings. The number of rotatable bonds is 6. The minimum atomic E-state index is -3.54. The second kappa shape index (κ2) is 8.75. The number of aromatic nitrogens is 3. The van der Waals surface area contributed by atoms with Crippen LogP contribution in [-0.2, 0) is 10.0 Å². The minimum Gasteiger partial charge on any atom is -0.355 e. The summed E-state index contributed by atoms with van der Waals surface area (Å²) in [6.45, 7) is 3.87. The van der Waals surface area contributed by atoms with Crippen molar-refractivity contribution in [1.29, 1.82) is 0 Å². The smallest absolute Gasteiger partial charge is 0.240 e. The van der Waals surface area contributed by atoms with E-state index in [1.807, 2.05) is 18.2 Å². The Kier molecular flexibility index (Phi) is 6.08. The van der Waals surface area contributed by atoms with Gasteiger partial charge in [0, 0.05) is 48.7 Å². The summed E-state index contributed by atoms with van der Waals surface area (Å²) in [4.78, 5) is 6.55. The molecule has 0 aliphatic carbocycles. The topological polar surface area (TPSA) is 91.0 Å². The van der Waals surface area contributed by atoms with Crippen molar-refractivity contribution in [3.63, 3.8) is 0 Å². The van der Waals surface area contributed by atoms with Crippen LogP contribution < -0.4 is 9.62 Å². The molecule has 0 unspecified atom stereocenters. The number of nitrogens with zero attached hydrogens (tertiary/aromatic N) is 3. The largest absolute Gasteiger partial charge is 0.355 e. The Bertz CT molecular complexity index is 1110. The lowest BCUT2D eigenvalue weighted by Crippen LogP contribution is -2.39. The summed E-state index contributed by atoms with van der Waals surface area (Å²) in [7, 11) is -3.54. The van der Waals surface area contributed by atoms with Crippen LogP contribution in [0.4, 0.5) is 5.82 Å². The van der Waals surface area contributed by atoms with Crippen molar-refractivity contribution in [3.8, 4) is 11.3 Å². The third-order valence-corrected chi connectivity index (χ3v) is 7.30. The van der Waals surface area contributed by atoms with Crippen LogP contribution in [0.2, 0.25) is 5.02 Å². The summed E-state index contributed by atoms with van der Waals surface area (Å²) in [5.74, 6) is 1.21. The van der Waals surface area contributed by atoms with Crippen molar-refractivity contribution in [2.45, 2.75) is 24.7 Å². The molecule has 4 rings (SSSR count). The van der Waals surface area contributed by atoms with E-state index in [4.69, 9.17) is 11.6 Å². The average molecular weight is 446 g/mol. The maximum Gasteiger partial charge on any atom is 0.240 e. The molecule has 0 bridgehead atoms. The standard InChI is InChI=1S/C21H24ClN5O2S/c1-15-12-18(22)2-3-20(15)30(28,29)24-14-16-6-10-27(11-7-16)21-13-19(25-26-21)17-4-8-23-9-5-17/h2-5,8-9,12-13,16,24H,6-7,10-11,14H2,1H3,(H,25,26). The Morgan fingerprint density at radius 1 is 1.17 bits per heavy atom. The number of sulfonamides is 1. The highest BCUT2D eigenvalue weighted by Gasteiger charge is 2.24. The van der Waals surface area contributed by atoms with Gasteiger partial charge in [0.25, 0.3) is 0 Å². The molecule has 0 saturated carbocycles. The number of nitrogens with one attached hydrogen (secondary N) is 2. The lowest BCUT2D eigenvalue weighted by atomic mass is 9.97. The highest BCUT2D eigenvalue weighted by Crippen LogP contribution is 2.26. The Balaban J connectivity index is 1.32. The summed E-state index contributed by atoms with van der Waals surface area (Å²) >= 11 is 5.94. The highest BCUT2D eigenvalue weighted by molar-refractivity contribution is 7.89. The zero-order valence-corrected chi connectivity index (χ0v) is 18.2. The molecule has 30 heavy (non-hydrogen) atoms. The molecule has 2 N–H and O–H groups in total. The van der Waals surface area contributed by atoms with Crippen molar-refractivity contribution in [3.05, 3.63) is 59.4 Å². The van der Waals surface area contributed by atoms with Crippen molar-refractivity contribution in [1.82, 2.24) is 19.9 Å². The zero-order chi connectivity index (χ0) is 21.1. The van der Waals surface area contributed by atoms with Crippen LogP contribution in [0.3, 0.4) is 0 Å². The van der Waals surface area contributed by atoms with E-state index in [1.165, 1.54) is 0 Å². The summed E-state index contributed by atoms with van der Waals surface area (Å²) < 4.78 is 28.1. The molecule has 0 radical (unpaired) electrons. The monoisotopic (exact) mass is 445 g/mol. The predicted octanol–water partition coefficient (Wildman–Crippen LogP) is 3.63. The van der Waals surface area contributed by atoms with E-state index in [-0.39, 0.29) is 4.90 Å². The van der Waals surface area contributed by atoms with Gasteiger partial charge in [0.15, 0.2) is 5.82 Å². The number of piperidine rings is 1. The molecule has 2 aromatic heterocycles. The van der Waals surface area contributed by atoms with Crippen molar-refractivity contribution < 1.29 is 8.42 Å². The summed E-state index contributed by atoms with van der Waals surface area (Å²) in [5.41, 5.74) is 2.65. The minimum absolute atomic E-state index is 0.282. The second-order valence-corrected chi connectivity index (χ2v) is 9.74. The van der Waals surface area contributed by atoms with Gasteiger partial charge in [-0.2, -0.15) is 5.10 Å². The van der Waals surface area contributed by atoms with E-state index >= 15 is 0 Å². The normalized spacial score (nSPS) is 15.5. The molecule has 3 aromatic rings. The first-order valence-electron chi connectivity index (χ1n) is 9.89. The van der Waals surface area contributed by atoms with Crippen molar-refractivity contribution in [2.24, 2.45) is 5.92 Å².